The normalized spacial score (nSPS) is 12.1. The van der Waals surface area contributed by atoms with Crippen LogP contribution in [0.1, 0.15) is 12.5 Å². The van der Waals surface area contributed by atoms with Gasteiger partial charge in [-0.3, -0.25) is 4.79 Å². The smallest absolute Gasteiger partial charge is 0.221 e. The minimum absolute atomic E-state index is 0.200. The maximum Gasteiger partial charge on any atom is 0.221 e. The Morgan fingerprint density at radius 3 is 2.93 bits per heavy atom. The van der Waals surface area contributed by atoms with Crippen molar-refractivity contribution in [1.29, 1.82) is 0 Å². The molecule has 0 heterocycles. The van der Waals surface area contributed by atoms with Crippen LogP contribution in [0.3, 0.4) is 0 Å². The van der Waals surface area contributed by atoms with Gasteiger partial charge in [0.2, 0.25) is 5.91 Å². The zero-order valence-electron chi connectivity index (χ0n) is 8.64. The molecule has 15 heavy (non-hydrogen) atoms. The van der Waals surface area contributed by atoms with E-state index in [9.17, 15) is 4.79 Å². The number of aliphatic hydroxyl groups excluding tert-OH is 1. The number of ether oxygens (including phenoxy) is 1. The summed E-state index contributed by atoms with van der Waals surface area (Å²) in [6.45, 7) is 1.88. The fraction of sp³-hybridized carbons (Fsp3) is 0.364. The molecule has 0 aliphatic rings. The monoisotopic (exact) mass is 209 g/mol. The van der Waals surface area contributed by atoms with Gasteiger partial charge in [-0.15, -0.1) is 0 Å². The van der Waals surface area contributed by atoms with E-state index in [1.54, 1.807) is 31.2 Å². The summed E-state index contributed by atoms with van der Waals surface area (Å²) in [5, 5.41) is 9.03. The molecule has 0 radical (unpaired) electrons. The third-order valence-corrected chi connectivity index (χ3v) is 1.77. The quantitative estimate of drug-likeness (QED) is 0.740. The number of benzene rings is 1. The Kier molecular flexibility index (Phi) is 4.12. The molecule has 1 aromatic carbocycles. The Hall–Kier alpha value is -1.55. The molecule has 1 rings (SSSR count). The Morgan fingerprint density at radius 2 is 2.33 bits per heavy atom. The molecule has 82 valence electrons. The Bertz CT molecular complexity index is 336. The van der Waals surface area contributed by atoms with Crippen molar-refractivity contribution < 1.29 is 14.6 Å². The summed E-state index contributed by atoms with van der Waals surface area (Å²) in [4.78, 5) is 10.7. The second-order valence-electron chi connectivity index (χ2n) is 3.45. The number of carbonyl (C=O) groups excluding carboxylic acids is 1. The van der Waals surface area contributed by atoms with Crippen LogP contribution in [-0.4, -0.2) is 23.7 Å². The minimum atomic E-state index is -0.509. The molecule has 0 saturated carbocycles. The first-order valence-corrected chi connectivity index (χ1v) is 4.76. The zero-order chi connectivity index (χ0) is 11.3. The molecule has 4 heteroatoms. The summed E-state index contributed by atoms with van der Waals surface area (Å²) in [7, 11) is 0. The van der Waals surface area contributed by atoms with E-state index < -0.39 is 6.10 Å². The molecule has 1 amide bonds. The SMILES string of the molecule is C[C@@H](O)COc1cccc(CC(N)=O)c1. The van der Waals surface area contributed by atoms with Crippen LogP contribution >= 0.6 is 0 Å². The number of nitrogens with two attached hydrogens (primary N) is 1. The third-order valence-electron chi connectivity index (χ3n) is 1.77. The van der Waals surface area contributed by atoms with Crippen LogP contribution in [0.4, 0.5) is 0 Å². The van der Waals surface area contributed by atoms with Gasteiger partial charge in [0.25, 0.3) is 0 Å². The van der Waals surface area contributed by atoms with Gasteiger partial charge in [-0.05, 0) is 24.6 Å². The van der Waals surface area contributed by atoms with Crippen molar-refractivity contribution in [2.45, 2.75) is 19.4 Å². The van der Waals surface area contributed by atoms with Crippen LogP contribution in [-0.2, 0) is 11.2 Å². The molecule has 3 N–H and O–H groups in total. The second-order valence-corrected chi connectivity index (χ2v) is 3.45. The Morgan fingerprint density at radius 1 is 1.60 bits per heavy atom. The van der Waals surface area contributed by atoms with E-state index in [-0.39, 0.29) is 18.9 Å². The van der Waals surface area contributed by atoms with Gasteiger partial charge in [-0.1, -0.05) is 12.1 Å². The van der Waals surface area contributed by atoms with Gasteiger partial charge < -0.3 is 15.6 Å². The number of hydrogen-bond acceptors (Lipinski definition) is 3. The van der Waals surface area contributed by atoms with E-state index in [4.69, 9.17) is 15.6 Å². The minimum Gasteiger partial charge on any atom is -0.491 e. The van der Waals surface area contributed by atoms with Gasteiger partial charge in [-0.25, -0.2) is 0 Å². The summed E-state index contributed by atoms with van der Waals surface area (Å²) < 4.78 is 5.29. The number of amides is 1. The number of hydrogen-bond donors (Lipinski definition) is 2. The van der Waals surface area contributed by atoms with E-state index in [1.165, 1.54) is 0 Å². The molecule has 0 unspecified atom stereocenters. The van der Waals surface area contributed by atoms with Crippen LogP contribution in [0.25, 0.3) is 0 Å². The predicted molar refractivity (Wildman–Crippen MR) is 56.5 cm³/mol. The van der Waals surface area contributed by atoms with E-state index >= 15 is 0 Å². The standard InChI is InChI=1S/C11H15NO3/c1-8(13)7-15-10-4-2-3-9(5-10)6-11(12)14/h2-5,8,13H,6-7H2,1H3,(H2,12,14)/t8-/m1/s1. The molecule has 0 fully saturated rings. The van der Waals surface area contributed by atoms with E-state index in [1.807, 2.05) is 0 Å². The predicted octanol–water partition coefficient (Wildman–Crippen LogP) is 0.474. The molecule has 1 atom stereocenters. The molecule has 0 spiro atoms. The maximum atomic E-state index is 10.7. The van der Waals surface area contributed by atoms with Crippen molar-refractivity contribution in [3.8, 4) is 5.75 Å². The van der Waals surface area contributed by atoms with Gasteiger partial charge in [0.05, 0.1) is 12.5 Å². The van der Waals surface area contributed by atoms with Crippen molar-refractivity contribution >= 4 is 5.91 Å². The lowest BCUT2D eigenvalue weighted by Gasteiger charge is -2.08. The van der Waals surface area contributed by atoms with Crippen molar-refractivity contribution in [3.05, 3.63) is 29.8 Å². The fourth-order valence-electron chi connectivity index (χ4n) is 1.16. The van der Waals surface area contributed by atoms with Crippen LogP contribution in [0, 0.1) is 0 Å². The zero-order valence-corrected chi connectivity index (χ0v) is 8.64. The lowest BCUT2D eigenvalue weighted by molar-refractivity contribution is -0.117. The van der Waals surface area contributed by atoms with Crippen molar-refractivity contribution in [2.75, 3.05) is 6.61 Å². The molecule has 0 aromatic heterocycles. The molecule has 0 aliphatic carbocycles. The molecule has 1 aromatic rings. The van der Waals surface area contributed by atoms with Gasteiger partial charge >= 0.3 is 0 Å². The third kappa shape index (κ3) is 4.46. The van der Waals surface area contributed by atoms with E-state index in [0.717, 1.165) is 5.56 Å². The number of rotatable bonds is 5. The van der Waals surface area contributed by atoms with Crippen molar-refractivity contribution in [2.24, 2.45) is 5.73 Å². The largest absolute Gasteiger partial charge is 0.491 e. The van der Waals surface area contributed by atoms with Crippen LogP contribution in [0.15, 0.2) is 24.3 Å². The fourth-order valence-corrected chi connectivity index (χ4v) is 1.16. The summed E-state index contributed by atoms with van der Waals surface area (Å²) in [5.41, 5.74) is 5.89. The highest BCUT2D eigenvalue weighted by Gasteiger charge is 2.01. The Labute approximate surface area is 88.7 Å². The first kappa shape index (κ1) is 11.5. The first-order chi connectivity index (χ1) is 7.08. The van der Waals surface area contributed by atoms with Gasteiger partial charge in [0.1, 0.15) is 12.4 Å². The van der Waals surface area contributed by atoms with Gasteiger partial charge in [0.15, 0.2) is 0 Å². The lowest BCUT2D eigenvalue weighted by Crippen LogP contribution is -2.14. The van der Waals surface area contributed by atoms with Gasteiger partial charge in [-0.2, -0.15) is 0 Å². The average molecular weight is 209 g/mol. The van der Waals surface area contributed by atoms with Crippen LogP contribution < -0.4 is 10.5 Å². The highest BCUT2D eigenvalue weighted by molar-refractivity contribution is 5.76. The summed E-state index contributed by atoms with van der Waals surface area (Å²) >= 11 is 0. The van der Waals surface area contributed by atoms with Crippen molar-refractivity contribution in [1.82, 2.24) is 0 Å². The van der Waals surface area contributed by atoms with Crippen LogP contribution in [0.5, 0.6) is 5.75 Å². The topological polar surface area (TPSA) is 72.6 Å². The highest BCUT2D eigenvalue weighted by Crippen LogP contribution is 2.13. The van der Waals surface area contributed by atoms with Crippen molar-refractivity contribution in [3.63, 3.8) is 0 Å². The number of primary amides is 1. The summed E-state index contributed by atoms with van der Waals surface area (Å²) in [6, 6.07) is 7.11. The molecular weight excluding hydrogens is 194 g/mol. The van der Waals surface area contributed by atoms with Gasteiger partial charge in [0, 0.05) is 0 Å². The maximum absolute atomic E-state index is 10.7. The van der Waals surface area contributed by atoms with E-state index in [0.29, 0.717) is 5.75 Å². The first-order valence-electron chi connectivity index (χ1n) is 4.76. The summed E-state index contributed by atoms with van der Waals surface area (Å²) in [5.74, 6) is 0.261. The molecule has 0 aliphatic heterocycles. The molecule has 0 saturated heterocycles. The molecule has 4 nitrogen and oxygen atoms in total. The number of carbonyl (C=O) groups is 1. The molecular formula is C11H15NO3. The van der Waals surface area contributed by atoms with E-state index in [2.05, 4.69) is 0 Å². The van der Waals surface area contributed by atoms with Crippen LogP contribution in [0.2, 0.25) is 0 Å². The average Bonchev–Trinajstić information content (AvgIpc) is 2.14. The summed E-state index contributed by atoms with van der Waals surface area (Å²) in [6.07, 6.45) is -0.309. The molecule has 0 bridgehead atoms. The number of aliphatic hydroxyl groups is 1. The highest BCUT2D eigenvalue weighted by atomic mass is 16.5. The Balaban J connectivity index is 2.61. The lowest BCUT2D eigenvalue weighted by atomic mass is 10.1. The second kappa shape index (κ2) is 5.36.